The van der Waals surface area contributed by atoms with E-state index in [4.69, 9.17) is 0 Å². The van der Waals surface area contributed by atoms with Crippen molar-refractivity contribution in [3.63, 3.8) is 0 Å². The molecule has 2 rings (SSSR count). The number of benzene rings is 1. The molecule has 1 unspecified atom stereocenters. The molecule has 0 radical (unpaired) electrons. The number of rotatable bonds is 5. The molecule has 1 aromatic rings. The second kappa shape index (κ2) is 6.93. The van der Waals surface area contributed by atoms with Gasteiger partial charge in [-0.25, -0.2) is 0 Å². The van der Waals surface area contributed by atoms with E-state index < -0.39 is 0 Å². The van der Waals surface area contributed by atoms with E-state index in [0.29, 0.717) is 5.92 Å². The zero-order chi connectivity index (χ0) is 13.7. The lowest BCUT2D eigenvalue weighted by Gasteiger charge is -2.22. The quantitative estimate of drug-likeness (QED) is 0.451. The number of hydrogen-bond donors (Lipinski definition) is 0. The highest BCUT2D eigenvalue weighted by atomic mass is 14.2. The van der Waals surface area contributed by atoms with Gasteiger partial charge in [0.1, 0.15) is 0 Å². The van der Waals surface area contributed by atoms with Crippen molar-refractivity contribution < 1.29 is 0 Å². The van der Waals surface area contributed by atoms with Crippen LogP contribution in [0.15, 0.2) is 29.8 Å². The van der Waals surface area contributed by atoms with Crippen molar-refractivity contribution in [1.82, 2.24) is 0 Å². The van der Waals surface area contributed by atoms with E-state index in [1.54, 1.807) is 11.1 Å². The first kappa shape index (κ1) is 14.4. The lowest BCUT2D eigenvalue weighted by molar-refractivity contribution is 0.630. The van der Waals surface area contributed by atoms with E-state index in [2.05, 4.69) is 45.0 Å². The van der Waals surface area contributed by atoms with E-state index in [1.807, 2.05) is 0 Å². The van der Waals surface area contributed by atoms with E-state index in [9.17, 15) is 0 Å². The highest BCUT2D eigenvalue weighted by Gasteiger charge is 2.15. The minimum atomic E-state index is 0.665. The third-order valence-corrected chi connectivity index (χ3v) is 4.37. The topological polar surface area (TPSA) is 0 Å². The molecule has 0 heteroatoms. The highest BCUT2D eigenvalue weighted by molar-refractivity contribution is 5.37. The molecule has 19 heavy (non-hydrogen) atoms. The maximum atomic E-state index is 2.49. The molecule has 0 aliphatic heterocycles. The summed E-state index contributed by atoms with van der Waals surface area (Å²) in [6.07, 6.45) is 11.7. The zero-order valence-corrected chi connectivity index (χ0v) is 12.8. The summed E-state index contributed by atoms with van der Waals surface area (Å²) >= 11 is 0. The first-order chi connectivity index (χ1) is 9.20. The molecule has 104 valence electrons. The van der Waals surface area contributed by atoms with Gasteiger partial charge in [-0.3, -0.25) is 0 Å². The summed E-state index contributed by atoms with van der Waals surface area (Å²) < 4.78 is 0. The first-order valence-electron chi connectivity index (χ1n) is 7.97. The van der Waals surface area contributed by atoms with Crippen molar-refractivity contribution in [2.45, 2.75) is 71.6 Å². The Hall–Kier alpha value is -1.04. The van der Waals surface area contributed by atoms with Crippen LogP contribution in [0, 0.1) is 6.92 Å². The second-order valence-corrected chi connectivity index (χ2v) is 6.16. The molecule has 1 aromatic carbocycles. The fourth-order valence-electron chi connectivity index (χ4n) is 3.24. The molecule has 0 aromatic heterocycles. The van der Waals surface area contributed by atoms with E-state index >= 15 is 0 Å². The van der Waals surface area contributed by atoms with Crippen molar-refractivity contribution in [3.8, 4) is 0 Å². The maximum Gasteiger partial charge on any atom is 0.00232 e. The summed E-state index contributed by atoms with van der Waals surface area (Å²) in [5, 5.41) is 0. The Morgan fingerprint density at radius 3 is 2.68 bits per heavy atom. The van der Waals surface area contributed by atoms with Crippen LogP contribution in [0.3, 0.4) is 0 Å². The summed E-state index contributed by atoms with van der Waals surface area (Å²) in [6, 6.07) is 7.16. The van der Waals surface area contributed by atoms with E-state index in [-0.39, 0.29) is 0 Å². The summed E-state index contributed by atoms with van der Waals surface area (Å²) in [6.45, 7) is 6.84. The van der Waals surface area contributed by atoms with Gasteiger partial charge in [-0.15, -0.1) is 0 Å². The van der Waals surface area contributed by atoms with Crippen molar-refractivity contribution in [2.24, 2.45) is 0 Å². The third-order valence-electron chi connectivity index (χ3n) is 4.37. The van der Waals surface area contributed by atoms with Gasteiger partial charge in [-0.2, -0.15) is 0 Å². The summed E-state index contributed by atoms with van der Waals surface area (Å²) in [5.41, 5.74) is 6.14. The van der Waals surface area contributed by atoms with Crippen LogP contribution in [0.2, 0.25) is 0 Å². The van der Waals surface area contributed by atoms with Crippen LogP contribution in [0.4, 0.5) is 0 Å². The zero-order valence-electron chi connectivity index (χ0n) is 12.8. The fraction of sp³-hybridized carbons (Fsp3) is 0.579. The van der Waals surface area contributed by atoms with Gasteiger partial charge in [-0.05, 0) is 62.6 Å². The minimum absolute atomic E-state index is 0.665. The molecule has 0 saturated heterocycles. The van der Waals surface area contributed by atoms with Gasteiger partial charge in [0.15, 0.2) is 0 Å². The second-order valence-electron chi connectivity index (χ2n) is 6.16. The molecule has 0 amide bonds. The van der Waals surface area contributed by atoms with Crippen molar-refractivity contribution in [1.29, 1.82) is 0 Å². The molecule has 0 nitrogen and oxygen atoms in total. The highest BCUT2D eigenvalue weighted by Crippen LogP contribution is 2.33. The Bertz CT molecular complexity index is 439. The molecule has 0 bridgehead atoms. The smallest absolute Gasteiger partial charge is 0.00232 e. The summed E-state index contributed by atoms with van der Waals surface area (Å²) in [7, 11) is 0. The predicted octanol–water partition coefficient (Wildman–Crippen LogP) is 5.94. The van der Waals surface area contributed by atoms with Crippen LogP contribution in [0.25, 0.3) is 0 Å². The van der Waals surface area contributed by atoms with Crippen LogP contribution in [-0.2, 0) is 6.42 Å². The lowest BCUT2D eigenvalue weighted by atomic mass is 9.83. The van der Waals surface area contributed by atoms with Gasteiger partial charge in [0.05, 0.1) is 0 Å². The molecular formula is C19H28. The fourth-order valence-corrected chi connectivity index (χ4v) is 3.24. The van der Waals surface area contributed by atoms with Crippen LogP contribution in [0.1, 0.15) is 75.0 Å². The largest absolute Gasteiger partial charge is 0.0781 e. The molecule has 0 N–H and O–H groups in total. The first-order valence-corrected chi connectivity index (χ1v) is 7.97. The molecule has 0 fully saturated rings. The number of unbranched alkanes of at least 4 members (excludes halogenated alkanes) is 2. The van der Waals surface area contributed by atoms with Gasteiger partial charge in [0.2, 0.25) is 0 Å². The average Bonchev–Trinajstić information content (AvgIpc) is 2.39. The number of hydrogen-bond acceptors (Lipinski definition) is 0. The average molecular weight is 256 g/mol. The Kier molecular flexibility index (Phi) is 5.24. The molecule has 0 heterocycles. The Morgan fingerprint density at radius 1 is 1.16 bits per heavy atom. The van der Waals surface area contributed by atoms with Gasteiger partial charge in [0, 0.05) is 5.92 Å². The Balaban J connectivity index is 2.08. The molecule has 1 aliphatic rings. The Morgan fingerprint density at radius 2 is 2.00 bits per heavy atom. The monoisotopic (exact) mass is 256 g/mol. The van der Waals surface area contributed by atoms with E-state index in [1.165, 1.54) is 56.1 Å². The normalized spacial score (nSPS) is 19.3. The van der Waals surface area contributed by atoms with Crippen LogP contribution < -0.4 is 0 Å². The predicted molar refractivity (Wildman–Crippen MR) is 84.8 cm³/mol. The van der Waals surface area contributed by atoms with Gasteiger partial charge in [0.25, 0.3) is 0 Å². The van der Waals surface area contributed by atoms with Gasteiger partial charge in [-0.1, -0.05) is 49.6 Å². The molecule has 0 saturated carbocycles. The Labute approximate surface area is 118 Å². The van der Waals surface area contributed by atoms with Gasteiger partial charge < -0.3 is 0 Å². The van der Waals surface area contributed by atoms with Crippen LogP contribution in [0.5, 0.6) is 0 Å². The molecular weight excluding hydrogens is 228 g/mol. The van der Waals surface area contributed by atoms with Crippen molar-refractivity contribution in [2.75, 3.05) is 0 Å². The molecule has 0 spiro atoms. The van der Waals surface area contributed by atoms with Crippen molar-refractivity contribution in [3.05, 3.63) is 46.5 Å². The lowest BCUT2D eigenvalue weighted by Crippen LogP contribution is -2.04. The van der Waals surface area contributed by atoms with Crippen molar-refractivity contribution >= 4 is 0 Å². The SMILES string of the molecule is CCCCCc1ccc(C2C=C(C)CCC2)c(C)c1. The van der Waals surface area contributed by atoms with E-state index in [0.717, 1.165) is 0 Å². The summed E-state index contributed by atoms with van der Waals surface area (Å²) in [4.78, 5) is 0. The third kappa shape index (κ3) is 3.96. The number of aryl methyl sites for hydroxylation is 2. The summed E-state index contributed by atoms with van der Waals surface area (Å²) in [5.74, 6) is 0.665. The van der Waals surface area contributed by atoms with Gasteiger partial charge >= 0.3 is 0 Å². The maximum absolute atomic E-state index is 2.49. The minimum Gasteiger partial charge on any atom is -0.0781 e. The standard InChI is InChI=1S/C19H28/c1-4-5-6-9-17-11-12-19(16(3)14-17)18-10-7-8-15(2)13-18/h11-14,18H,4-10H2,1-3H3. The molecule has 1 atom stereocenters. The van der Waals surface area contributed by atoms with Crippen LogP contribution >= 0.6 is 0 Å². The molecule has 1 aliphatic carbocycles. The van der Waals surface area contributed by atoms with Crippen LogP contribution in [-0.4, -0.2) is 0 Å². The number of allylic oxidation sites excluding steroid dienone is 2.